The van der Waals surface area contributed by atoms with E-state index in [9.17, 15) is 9.59 Å². The van der Waals surface area contributed by atoms with Gasteiger partial charge in [-0.1, -0.05) is 83.5 Å². The summed E-state index contributed by atoms with van der Waals surface area (Å²) in [4.78, 5) is 24.2. The van der Waals surface area contributed by atoms with Gasteiger partial charge in [0.25, 0.3) is 0 Å². The lowest BCUT2D eigenvalue weighted by Gasteiger charge is -2.08. The molecule has 0 bridgehead atoms. The molecule has 36 heavy (non-hydrogen) atoms. The van der Waals surface area contributed by atoms with Crippen LogP contribution in [0.2, 0.25) is 5.02 Å². The molecule has 0 radical (unpaired) electrons. The normalized spacial score (nSPS) is 10.8. The maximum Gasteiger partial charge on any atom is 0.310 e. The molecule has 1 heterocycles. The first-order valence-electron chi connectivity index (χ1n) is 11.6. The second-order valence-electron chi connectivity index (χ2n) is 8.26. The summed E-state index contributed by atoms with van der Waals surface area (Å²) in [6, 6.07) is 22.9. The molecule has 0 N–H and O–H groups in total. The van der Waals surface area contributed by atoms with Crippen LogP contribution in [0.5, 0.6) is 0 Å². The highest BCUT2D eigenvalue weighted by atomic mass is 35.5. The molecule has 0 saturated heterocycles. The maximum atomic E-state index is 12.5. The lowest BCUT2D eigenvalue weighted by Crippen LogP contribution is -2.09. The Kier molecular flexibility index (Phi) is 8.18. The summed E-state index contributed by atoms with van der Waals surface area (Å²) >= 11 is 6.14. The van der Waals surface area contributed by atoms with Gasteiger partial charge in [-0.15, -0.1) is 0 Å². The van der Waals surface area contributed by atoms with E-state index >= 15 is 0 Å². The highest BCUT2D eigenvalue weighted by Gasteiger charge is 2.19. The fraction of sp³-hybridized carbons (Fsp3) is 0.207. The van der Waals surface area contributed by atoms with Crippen LogP contribution in [0.25, 0.3) is 22.5 Å². The number of benzene rings is 3. The highest BCUT2D eigenvalue weighted by Crippen LogP contribution is 2.30. The first-order valence-corrected chi connectivity index (χ1v) is 12.0. The van der Waals surface area contributed by atoms with Crippen LogP contribution in [0.15, 0.2) is 77.3 Å². The van der Waals surface area contributed by atoms with E-state index in [0.717, 1.165) is 27.8 Å². The van der Waals surface area contributed by atoms with Crippen LogP contribution in [0, 0.1) is 6.92 Å². The second kappa shape index (κ2) is 11.7. The first kappa shape index (κ1) is 25.2. The van der Waals surface area contributed by atoms with Gasteiger partial charge in [0.1, 0.15) is 6.61 Å². The first-order chi connectivity index (χ1) is 17.4. The number of aromatic nitrogens is 1. The molecule has 0 spiro atoms. The molecule has 0 aliphatic rings. The van der Waals surface area contributed by atoms with E-state index in [1.54, 1.807) is 19.9 Å². The quantitative estimate of drug-likeness (QED) is 0.247. The molecule has 3 aromatic carbocycles. The van der Waals surface area contributed by atoms with Crippen molar-refractivity contribution >= 4 is 23.5 Å². The number of carbonyl (C=O) groups is 2. The van der Waals surface area contributed by atoms with Crippen LogP contribution in [-0.2, 0) is 38.5 Å². The van der Waals surface area contributed by atoms with Crippen LogP contribution in [0.3, 0.4) is 0 Å². The van der Waals surface area contributed by atoms with Crippen LogP contribution in [0.1, 0.15) is 29.3 Å². The summed E-state index contributed by atoms with van der Waals surface area (Å²) in [5.74, 6) is -0.0824. The van der Waals surface area contributed by atoms with Gasteiger partial charge in [-0.25, -0.2) is 0 Å². The minimum absolute atomic E-state index is 0.0405. The second-order valence-corrected chi connectivity index (χ2v) is 8.67. The molecule has 0 amide bonds. The Morgan fingerprint density at radius 1 is 0.833 bits per heavy atom. The van der Waals surface area contributed by atoms with E-state index in [4.69, 9.17) is 25.6 Å². The number of esters is 2. The summed E-state index contributed by atoms with van der Waals surface area (Å²) in [6.07, 6.45) is 0.292. The van der Waals surface area contributed by atoms with Gasteiger partial charge in [0, 0.05) is 21.7 Å². The van der Waals surface area contributed by atoms with E-state index < -0.39 is 0 Å². The summed E-state index contributed by atoms with van der Waals surface area (Å²) in [7, 11) is 0. The van der Waals surface area contributed by atoms with Gasteiger partial charge in [0.15, 0.2) is 5.76 Å². The number of ether oxygens (including phenoxy) is 2. The monoisotopic (exact) mass is 503 g/mol. The van der Waals surface area contributed by atoms with E-state index in [1.807, 2.05) is 66.7 Å². The predicted octanol–water partition coefficient (Wildman–Crippen LogP) is 6.36. The molecule has 1 aromatic heterocycles. The standard InChI is InChI=1S/C29H26ClNO5/c1-3-34-27(32)16-20-8-10-21(11-9-20)22-12-14-23(15-13-22)29-25(19(2)31-36-29)17-28(33)35-18-24-6-4-5-7-26(24)30/h4-15H,3,16-18H2,1-2H3. The largest absolute Gasteiger partial charge is 0.466 e. The zero-order chi connectivity index (χ0) is 25.5. The molecule has 0 unspecified atom stereocenters. The molecular formula is C29H26ClNO5. The zero-order valence-electron chi connectivity index (χ0n) is 20.1. The van der Waals surface area contributed by atoms with Crippen molar-refractivity contribution in [2.75, 3.05) is 6.61 Å². The molecule has 0 saturated carbocycles. The number of rotatable bonds is 9. The Morgan fingerprint density at radius 3 is 2.11 bits per heavy atom. The van der Waals surface area contributed by atoms with Gasteiger partial charge >= 0.3 is 11.9 Å². The van der Waals surface area contributed by atoms with Gasteiger partial charge in [-0.2, -0.15) is 0 Å². The van der Waals surface area contributed by atoms with Gasteiger partial charge in [-0.05, 0) is 36.6 Å². The molecular weight excluding hydrogens is 478 g/mol. The van der Waals surface area contributed by atoms with Crippen molar-refractivity contribution in [3.63, 3.8) is 0 Å². The molecule has 4 aromatic rings. The predicted molar refractivity (Wildman–Crippen MR) is 137 cm³/mol. The van der Waals surface area contributed by atoms with Crippen molar-refractivity contribution in [2.45, 2.75) is 33.3 Å². The van der Waals surface area contributed by atoms with Crippen molar-refractivity contribution in [3.8, 4) is 22.5 Å². The topological polar surface area (TPSA) is 78.6 Å². The number of hydrogen-bond acceptors (Lipinski definition) is 6. The molecule has 0 aliphatic heterocycles. The van der Waals surface area contributed by atoms with Crippen LogP contribution in [-0.4, -0.2) is 23.7 Å². The van der Waals surface area contributed by atoms with Crippen LogP contribution in [0.4, 0.5) is 0 Å². The molecule has 0 fully saturated rings. The summed E-state index contributed by atoms with van der Waals surface area (Å²) in [6.45, 7) is 4.07. The third kappa shape index (κ3) is 6.20. The third-order valence-corrected chi connectivity index (χ3v) is 6.11. The molecule has 0 aliphatic carbocycles. The maximum absolute atomic E-state index is 12.5. The van der Waals surface area contributed by atoms with E-state index in [2.05, 4.69) is 5.16 Å². The van der Waals surface area contributed by atoms with Crippen molar-refractivity contribution in [1.82, 2.24) is 5.16 Å². The van der Waals surface area contributed by atoms with Crippen LogP contribution >= 0.6 is 11.6 Å². The Bertz CT molecular complexity index is 1340. The average molecular weight is 504 g/mol. The summed E-state index contributed by atoms with van der Waals surface area (Å²) in [5, 5.41) is 4.62. The average Bonchev–Trinajstić information content (AvgIpc) is 3.24. The minimum atomic E-state index is -0.387. The Hall–Kier alpha value is -3.90. The molecule has 184 valence electrons. The van der Waals surface area contributed by atoms with E-state index in [1.165, 1.54) is 0 Å². The van der Waals surface area contributed by atoms with Crippen molar-refractivity contribution in [3.05, 3.63) is 100 Å². The minimum Gasteiger partial charge on any atom is -0.466 e. The fourth-order valence-electron chi connectivity index (χ4n) is 3.80. The smallest absolute Gasteiger partial charge is 0.310 e. The Labute approximate surface area is 214 Å². The van der Waals surface area contributed by atoms with Crippen molar-refractivity contribution in [1.29, 1.82) is 0 Å². The van der Waals surface area contributed by atoms with Crippen LogP contribution < -0.4 is 0 Å². The number of hydrogen-bond donors (Lipinski definition) is 0. The third-order valence-electron chi connectivity index (χ3n) is 5.74. The molecule has 4 rings (SSSR count). The number of carbonyl (C=O) groups excluding carboxylic acids is 2. The Balaban J connectivity index is 1.43. The number of halogens is 1. The number of nitrogens with zero attached hydrogens (tertiary/aromatic N) is 1. The SMILES string of the molecule is CCOC(=O)Cc1ccc(-c2ccc(-c3onc(C)c3CC(=O)OCc3ccccc3Cl)cc2)cc1. The Morgan fingerprint density at radius 2 is 1.44 bits per heavy atom. The molecule has 6 nitrogen and oxygen atoms in total. The molecule has 0 atom stereocenters. The van der Waals surface area contributed by atoms with E-state index in [-0.39, 0.29) is 31.4 Å². The summed E-state index contributed by atoms with van der Waals surface area (Å²) < 4.78 is 16.0. The van der Waals surface area contributed by atoms with E-state index in [0.29, 0.717) is 28.6 Å². The highest BCUT2D eigenvalue weighted by molar-refractivity contribution is 6.31. The zero-order valence-corrected chi connectivity index (χ0v) is 20.9. The van der Waals surface area contributed by atoms with Gasteiger partial charge in [-0.3, -0.25) is 9.59 Å². The van der Waals surface area contributed by atoms with Crippen molar-refractivity contribution < 1.29 is 23.6 Å². The van der Waals surface area contributed by atoms with Gasteiger partial charge < -0.3 is 14.0 Å². The van der Waals surface area contributed by atoms with Gasteiger partial charge in [0.2, 0.25) is 0 Å². The van der Waals surface area contributed by atoms with Gasteiger partial charge in [0.05, 0.1) is 25.1 Å². The lowest BCUT2D eigenvalue weighted by atomic mass is 9.99. The molecule has 7 heteroatoms. The number of aryl methyl sites for hydroxylation is 1. The lowest BCUT2D eigenvalue weighted by molar-refractivity contribution is -0.144. The fourth-order valence-corrected chi connectivity index (χ4v) is 3.99. The van der Waals surface area contributed by atoms with Crippen molar-refractivity contribution in [2.24, 2.45) is 0 Å². The summed E-state index contributed by atoms with van der Waals surface area (Å²) in [5.41, 5.74) is 5.82.